The number of phenolic OH excluding ortho intramolecular Hbond substituents is 1. The van der Waals surface area contributed by atoms with Crippen molar-refractivity contribution in [2.24, 2.45) is 0 Å². The third-order valence-corrected chi connectivity index (χ3v) is 3.20. The first-order chi connectivity index (χ1) is 9.65. The van der Waals surface area contributed by atoms with Crippen LogP contribution in [0, 0.1) is 6.92 Å². The second-order valence-corrected chi connectivity index (χ2v) is 4.59. The Morgan fingerprint density at radius 2 is 1.75 bits per heavy atom. The summed E-state index contributed by atoms with van der Waals surface area (Å²) >= 11 is 0. The first kappa shape index (κ1) is 12.3. The minimum Gasteiger partial charge on any atom is -0.508 e. The highest BCUT2D eigenvalue weighted by Crippen LogP contribution is 2.21. The van der Waals surface area contributed by atoms with Gasteiger partial charge in [-0.1, -0.05) is 6.07 Å². The summed E-state index contributed by atoms with van der Waals surface area (Å²) in [5.74, 6) is -0.0505. The van der Waals surface area contributed by atoms with Gasteiger partial charge in [0.2, 0.25) is 0 Å². The van der Waals surface area contributed by atoms with Gasteiger partial charge < -0.3 is 5.11 Å². The summed E-state index contributed by atoms with van der Waals surface area (Å²) in [5, 5.41) is 9.53. The highest BCUT2D eigenvalue weighted by Gasteiger charge is 2.13. The number of carbonyl (C=O) groups excluding carboxylic acids is 1. The lowest BCUT2D eigenvalue weighted by Crippen LogP contribution is -2.03. The van der Waals surface area contributed by atoms with Crippen LogP contribution in [0.4, 0.5) is 0 Å². The van der Waals surface area contributed by atoms with Crippen molar-refractivity contribution in [2.45, 2.75) is 6.92 Å². The minimum atomic E-state index is -0.133. The van der Waals surface area contributed by atoms with E-state index in [1.165, 1.54) is 6.07 Å². The molecule has 0 spiro atoms. The second-order valence-electron chi connectivity index (χ2n) is 4.59. The van der Waals surface area contributed by atoms with Crippen LogP contribution in [0.2, 0.25) is 0 Å². The molecule has 0 atom stereocenters. The zero-order valence-corrected chi connectivity index (χ0v) is 10.9. The molecule has 0 saturated carbocycles. The molecule has 1 heterocycles. The van der Waals surface area contributed by atoms with Crippen molar-refractivity contribution in [3.8, 4) is 5.75 Å². The summed E-state index contributed by atoms with van der Waals surface area (Å²) in [5.41, 5.74) is 3.28. The van der Waals surface area contributed by atoms with E-state index in [1.54, 1.807) is 42.7 Å². The van der Waals surface area contributed by atoms with E-state index >= 15 is 0 Å². The van der Waals surface area contributed by atoms with Crippen molar-refractivity contribution in [3.63, 3.8) is 0 Å². The molecule has 1 N–H and O–H groups in total. The molecule has 0 amide bonds. The molecule has 4 heteroatoms. The van der Waals surface area contributed by atoms with Gasteiger partial charge in [0.05, 0.1) is 11.0 Å². The van der Waals surface area contributed by atoms with Crippen molar-refractivity contribution in [3.05, 3.63) is 65.5 Å². The molecule has 0 bridgehead atoms. The van der Waals surface area contributed by atoms with E-state index in [2.05, 4.69) is 9.97 Å². The summed E-state index contributed by atoms with van der Waals surface area (Å²) < 4.78 is 0. The lowest BCUT2D eigenvalue weighted by Gasteiger charge is -2.06. The van der Waals surface area contributed by atoms with Crippen LogP contribution in [-0.4, -0.2) is 20.9 Å². The average molecular weight is 264 g/mol. The molecule has 4 nitrogen and oxygen atoms in total. The van der Waals surface area contributed by atoms with Gasteiger partial charge in [-0.2, -0.15) is 0 Å². The summed E-state index contributed by atoms with van der Waals surface area (Å²) in [6, 6.07) is 9.99. The number of carbonyl (C=O) groups is 1. The summed E-state index contributed by atoms with van der Waals surface area (Å²) in [6.07, 6.45) is 3.21. The van der Waals surface area contributed by atoms with Gasteiger partial charge in [0, 0.05) is 23.5 Å². The maximum atomic E-state index is 12.5. The summed E-state index contributed by atoms with van der Waals surface area (Å²) in [7, 11) is 0. The van der Waals surface area contributed by atoms with E-state index < -0.39 is 0 Å². The van der Waals surface area contributed by atoms with Crippen molar-refractivity contribution in [1.29, 1.82) is 0 Å². The zero-order valence-electron chi connectivity index (χ0n) is 10.9. The Bertz CT molecular complexity index is 812. The van der Waals surface area contributed by atoms with Gasteiger partial charge in [-0.25, -0.2) is 0 Å². The number of aromatic hydroxyl groups is 1. The van der Waals surface area contributed by atoms with E-state index in [4.69, 9.17) is 0 Å². The fourth-order valence-electron chi connectivity index (χ4n) is 2.11. The first-order valence-electron chi connectivity index (χ1n) is 6.20. The number of fused-ring (bicyclic) bond motifs is 1. The Hall–Kier alpha value is -2.75. The molecule has 0 aliphatic carbocycles. The molecule has 0 aliphatic rings. The molecule has 1 aromatic heterocycles. The van der Waals surface area contributed by atoms with Gasteiger partial charge in [-0.05, 0) is 42.8 Å². The molecule has 2 aromatic carbocycles. The average Bonchev–Trinajstić information content (AvgIpc) is 2.48. The topological polar surface area (TPSA) is 63.1 Å². The van der Waals surface area contributed by atoms with Crippen molar-refractivity contribution in [1.82, 2.24) is 9.97 Å². The number of aromatic nitrogens is 2. The molecule has 0 unspecified atom stereocenters. The maximum absolute atomic E-state index is 12.5. The predicted octanol–water partition coefficient (Wildman–Crippen LogP) is 2.87. The Morgan fingerprint density at radius 3 is 2.55 bits per heavy atom. The second kappa shape index (κ2) is 4.74. The van der Waals surface area contributed by atoms with E-state index in [0.717, 1.165) is 11.1 Å². The molecule has 3 aromatic rings. The fraction of sp³-hybridized carbons (Fsp3) is 0.0625. The van der Waals surface area contributed by atoms with Crippen molar-refractivity contribution in [2.75, 3.05) is 0 Å². The molecule has 3 rings (SSSR count). The van der Waals surface area contributed by atoms with Crippen LogP contribution in [0.3, 0.4) is 0 Å². The van der Waals surface area contributed by atoms with Crippen LogP contribution >= 0.6 is 0 Å². The van der Waals surface area contributed by atoms with E-state index in [1.807, 2.05) is 6.92 Å². The first-order valence-corrected chi connectivity index (χ1v) is 6.20. The number of hydrogen-bond donors (Lipinski definition) is 1. The van der Waals surface area contributed by atoms with E-state index in [-0.39, 0.29) is 11.5 Å². The van der Waals surface area contributed by atoms with Crippen LogP contribution in [0.15, 0.2) is 48.8 Å². The van der Waals surface area contributed by atoms with Gasteiger partial charge in [-0.3, -0.25) is 14.8 Å². The van der Waals surface area contributed by atoms with Gasteiger partial charge in [-0.15, -0.1) is 0 Å². The summed E-state index contributed by atoms with van der Waals surface area (Å²) in [6.45, 7) is 1.84. The highest BCUT2D eigenvalue weighted by molar-refractivity contribution is 6.11. The molecule has 98 valence electrons. The number of rotatable bonds is 2. The molecular weight excluding hydrogens is 252 g/mol. The number of nitrogens with zero attached hydrogens (tertiary/aromatic N) is 2. The van der Waals surface area contributed by atoms with E-state index in [0.29, 0.717) is 16.6 Å². The fourth-order valence-corrected chi connectivity index (χ4v) is 2.11. The van der Waals surface area contributed by atoms with Crippen LogP contribution in [0.1, 0.15) is 21.5 Å². The lowest BCUT2D eigenvalue weighted by atomic mass is 9.98. The third kappa shape index (κ3) is 2.12. The van der Waals surface area contributed by atoms with Crippen LogP contribution < -0.4 is 0 Å². The van der Waals surface area contributed by atoms with Crippen LogP contribution in [-0.2, 0) is 0 Å². The predicted molar refractivity (Wildman–Crippen MR) is 75.8 cm³/mol. The minimum absolute atomic E-state index is 0.0829. The largest absolute Gasteiger partial charge is 0.508 e. The monoisotopic (exact) mass is 264 g/mol. The number of hydrogen-bond acceptors (Lipinski definition) is 4. The number of benzene rings is 2. The molecular formula is C16H12N2O2. The molecule has 0 radical (unpaired) electrons. The van der Waals surface area contributed by atoms with Gasteiger partial charge in [0.25, 0.3) is 0 Å². The Kier molecular flexibility index (Phi) is 2.91. The van der Waals surface area contributed by atoms with Gasteiger partial charge in [0.1, 0.15) is 5.75 Å². The zero-order chi connectivity index (χ0) is 14.1. The number of aryl methyl sites for hydroxylation is 1. The summed E-state index contributed by atoms with van der Waals surface area (Å²) in [4.78, 5) is 20.9. The molecule has 0 aliphatic heterocycles. The van der Waals surface area contributed by atoms with Gasteiger partial charge in [0.15, 0.2) is 5.78 Å². The SMILES string of the molecule is Cc1ccc(O)cc1C(=O)c1ccc2nccnc2c1. The lowest BCUT2D eigenvalue weighted by molar-refractivity contribution is 0.103. The van der Waals surface area contributed by atoms with Crippen LogP contribution in [0.5, 0.6) is 5.75 Å². The molecule has 0 fully saturated rings. The number of ketones is 1. The van der Waals surface area contributed by atoms with Crippen molar-refractivity contribution >= 4 is 16.8 Å². The number of phenols is 1. The standard InChI is InChI=1S/C16H12N2O2/c1-10-2-4-12(19)9-13(10)16(20)11-3-5-14-15(8-11)18-7-6-17-14/h2-9,19H,1H3. The van der Waals surface area contributed by atoms with Crippen LogP contribution in [0.25, 0.3) is 11.0 Å². The molecule has 20 heavy (non-hydrogen) atoms. The highest BCUT2D eigenvalue weighted by atomic mass is 16.3. The smallest absolute Gasteiger partial charge is 0.193 e. The Morgan fingerprint density at radius 1 is 1.00 bits per heavy atom. The molecule has 0 saturated heterocycles. The quantitative estimate of drug-likeness (QED) is 0.723. The third-order valence-electron chi connectivity index (χ3n) is 3.20. The Balaban J connectivity index is 2.10. The van der Waals surface area contributed by atoms with E-state index in [9.17, 15) is 9.90 Å². The van der Waals surface area contributed by atoms with Crippen molar-refractivity contribution < 1.29 is 9.90 Å². The normalized spacial score (nSPS) is 10.7. The Labute approximate surface area is 115 Å². The van der Waals surface area contributed by atoms with Gasteiger partial charge >= 0.3 is 0 Å². The maximum Gasteiger partial charge on any atom is 0.193 e.